The highest BCUT2D eigenvalue weighted by Gasteiger charge is 2.38. The average molecular weight is 369 g/mol. The summed E-state index contributed by atoms with van der Waals surface area (Å²) in [6, 6.07) is 4.31. The molecule has 1 atom stereocenters. The van der Waals surface area contributed by atoms with Crippen molar-refractivity contribution >= 4 is 11.9 Å². The van der Waals surface area contributed by atoms with Gasteiger partial charge in [0.05, 0.1) is 29.2 Å². The molecule has 0 amide bonds. The lowest BCUT2D eigenvalue weighted by molar-refractivity contribution is -0.139. The number of carboxylic acids is 1. The van der Waals surface area contributed by atoms with Crippen molar-refractivity contribution in [1.82, 2.24) is 5.32 Å². The number of nitrogens with one attached hydrogen (secondary N) is 1. The van der Waals surface area contributed by atoms with E-state index in [2.05, 4.69) is 5.32 Å². The Balaban J connectivity index is 2.69. The third-order valence-corrected chi connectivity index (χ3v) is 4.03. The molecule has 1 heterocycles. The minimum atomic E-state index is -4.59. The molecule has 1 aromatic rings. The SMILES string of the molecule is CCOC(=O)C1=C(C)NC(C)=C(C(=O)O)C1c1cccc(C(F)(F)F)c1. The second-order valence-electron chi connectivity index (χ2n) is 5.78. The fraction of sp³-hybridized carbons (Fsp3) is 0.333. The van der Waals surface area contributed by atoms with E-state index in [0.717, 1.165) is 12.1 Å². The first-order valence-electron chi connectivity index (χ1n) is 7.84. The summed E-state index contributed by atoms with van der Waals surface area (Å²) in [4.78, 5) is 24.2. The van der Waals surface area contributed by atoms with Gasteiger partial charge in [-0.3, -0.25) is 0 Å². The zero-order chi connectivity index (χ0) is 19.6. The number of hydrogen-bond acceptors (Lipinski definition) is 4. The zero-order valence-corrected chi connectivity index (χ0v) is 14.4. The normalized spacial score (nSPS) is 17.8. The van der Waals surface area contributed by atoms with Crippen molar-refractivity contribution in [3.05, 3.63) is 57.9 Å². The molecule has 0 aliphatic carbocycles. The van der Waals surface area contributed by atoms with Crippen LogP contribution in [-0.4, -0.2) is 23.7 Å². The summed E-state index contributed by atoms with van der Waals surface area (Å²) in [6.07, 6.45) is -4.59. The van der Waals surface area contributed by atoms with Gasteiger partial charge in [-0.15, -0.1) is 0 Å². The van der Waals surface area contributed by atoms with Gasteiger partial charge in [-0.1, -0.05) is 18.2 Å². The molecule has 1 aliphatic rings. The maximum Gasteiger partial charge on any atom is 0.416 e. The van der Waals surface area contributed by atoms with E-state index < -0.39 is 29.6 Å². The van der Waals surface area contributed by atoms with Crippen LogP contribution in [0.5, 0.6) is 0 Å². The van der Waals surface area contributed by atoms with Crippen molar-refractivity contribution in [3.8, 4) is 0 Å². The third-order valence-electron chi connectivity index (χ3n) is 4.03. The number of carbonyl (C=O) groups is 2. The number of carboxylic acid groups (broad SMARTS) is 1. The van der Waals surface area contributed by atoms with Crippen molar-refractivity contribution in [2.24, 2.45) is 0 Å². The molecule has 0 radical (unpaired) electrons. The first kappa shape index (κ1) is 19.6. The van der Waals surface area contributed by atoms with Gasteiger partial charge in [0.15, 0.2) is 0 Å². The Hall–Kier alpha value is -2.77. The third kappa shape index (κ3) is 3.74. The van der Waals surface area contributed by atoms with Crippen LogP contribution in [-0.2, 0) is 20.5 Å². The lowest BCUT2D eigenvalue weighted by atomic mass is 9.80. The van der Waals surface area contributed by atoms with Crippen LogP contribution < -0.4 is 5.32 Å². The molecular formula is C18H18F3NO4. The molecule has 1 aliphatic heterocycles. The summed E-state index contributed by atoms with van der Waals surface area (Å²) in [7, 11) is 0. The highest BCUT2D eigenvalue weighted by Crippen LogP contribution is 2.40. The van der Waals surface area contributed by atoms with Crippen molar-refractivity contribution in [1.29, 1.82) is 0 Å². The molecule has 5 nitrogen and oxygen atoms in total. The second kappa shape index (κ2) is 7.23. The lowest BCUT2D eigenvalue weighted by Gasteiger charge is -2.30. The topological polar surface area (TPSA) is 75.6 Å². The van der Waals surface area contributed by atoms with E-state index in [1.807, 2.05) is 0 Å². The summed E-state index contributed by atoms with van der Waals surface area (Å²) in [6.45, 7) is 4.68. The number of hydrogen-bond donors (Lipinski definition) is 2. The quantitative estimate of drug-likeness (QED) is 0.794. The van der Waals surface area contributed by atoms with Crippen molar-refractivity contribution < 1.29 is 32.6 Å². The predicted octanol–water partition coefficient (Wildman–Crippen LogP) is 3.59. The Labute approximate surface area is 148 Å². The van der Waals surface area contributed by atoms with Gasteiger partial charge < -0.3 is 15.2 Å². The van der Waals surface area contributed by atoms with Gasteiger partial charge in [0, 0.05) is 11.4 Å². The fourth-order valence-electron chi connectivity index (χ4n) is 2.98. The molecule has 1 aromatic carbocycles. The minimum Gasteiger partial charge on any atom is -0.478 e. The van der Waals surface area contributed by atoms with Gasteiger partial charge in [0.1, 0.15) is 0 Å². The monoisotopic (exact) mass is 369 g/mol. The average Bonchev–Trinajstić information content (AvgIpc) is 2.53. The highest BCUT2D eigenvalue weighted by atomic mass is 19.4. The fourth-order valence-corrected chi connectivity index (χ4v) is 2.98. The number of benzene rings is 1. The van der Waals surface area contributed by atoms with E-state index in [-0.39, 0.29) is 29.0 Å². The van der Waals surface area contributed by atoms with Gasteiger partial charge in [0.25, 0.3) is 0 Å². The van der Waals surface area contributed by atoms with Crippen molar-refractivity contribution in [3.63, 3.8) is 0 Å². The number of alkyl halides is 3. The highest BCUT2D eigenvalue weighted by molar-refractivity contribution is 5.99. The van der Waals surface area contributed by atoms with Crippen LogP contribution in [0.25, 0.3) is 0 Å². The lowest BCUT2D eigenvalue weighted by Crippen LogP contribution is -2.32. The zero-order valence-electron chi connectivity index (χ0n) is 14.4. The molecule has 0 aromatic heterocycles. The molecule has 0 saturated heterocycles. The first-order valence-corrected chi connectivity index (χ1v) is 7.84. The molecular weight excluding hydrogens is 351 g/mol. The van der Waals surface area contributed by atoms with Gasteiger partial charge >= 0.3 is 18.1 Å². The maximum atomic E-state index is 13.1. The van der Waals surface area contributed by atoms with Crippen LogP contribution in [0.3, 0.4) is 0 Å². The number of dihydropyridines is 1. The summed E-state index contributed by atoms with van der Waals surface area (Å²) in [5.41, 5.74) is -0.483. The molecule has 0 spiro atoms. The first-order chi connectivity index (χ1) is 12.1. The van der Waals surface area contributed by atoms with E-state index in [9.17, 15) is 27.9 Å². The molecule has 0 fully saturated rings. The summed E-state index contributed by atoms with van der Waals surface area (Å²) < 4.78 is 44.2. The molecule has 2 N–H and O–H groups in total. The molecule has 0 saturated carbocycles. The molecule has 26 heavy (non-hydrogen) atoms. The van der Waals surface area contributed by atoms with E-state index >= 15 is 0 Å². The van der Waals surface area contributed by atoms with Crippen molar-refractivity contribution in [2.45, 2.75) is 32.9 Å². The van der Waals surface area contributed by atoms with Gasteiger partial charge in [-0.25, -0.2) is 9.59 Å². The largest absolute Gasteiger partial charge is 0.478 e. The van der Waals surface area contributed by atoms with Crippen LogP contribution >= 0.6 is 0 Å². The standard InChI is InChI=1S/C18H18F3NO4/c1-4-26-17(25)14-10(3)22-9(2)13(16(23)24)15(14)11-6-5-7-12(8-11)18(19,20)21/h5-8,15,22H,4H2,1-3H3,(H,23,24). The minimum absolute atomic E-state index is 0.0193. The molecule has 1 unspecified atom stereocenters. The van der Waals surface area contributed by atoms with E-state index in [0.29, 0.717) is 5.70 Å². The Morgan fingerprint density at radius 2 is 1.81 bits per heavy atom. The predicted molar refractivity (Wildman–Crippen MR) is 87.0 cm³/mol. The van der Waals surface area contributed by atoms with E-state index in [1.165, 1.54) is 19.1 Å². The molecule has 0 bridgehead atoms. The smallest absolute Gasteiger partial charge is 0.416 e. The number of carbonyl (C=O) groups excluding carboxylic acids is 1. The summed E-state index contributed by atoms with van der Waals surface area (Å²) in [5, 5.41) is 12.4. The van der Waals surface area contributed by atoms with Crippen LogP contribution in [0.1, 0.15) is 37.8 Å². The van der Waals surface area contributed by atoms with Crippen LogP contribution in [0.4, 0.5) is 13.2 Å². The Kier molecular flexibility index (Phi) is 5.44. The van der Waals surface area contributed by atoms with Crippen molar-refractivity contribution in [2.75, 3.05) is 6.61 Å². The van der Waals surface area contributed by atoms with Crippen LogP contribution in [0.15, 0.2) is 46.8 Å². The Morgan fingerprint density at radius 1 is 1.19 bits per heavy atom. The van der Waals surface area contributed by atoms with Gasteiger partial charge in [-0.05, 0) is 32.4 Å². The van der Waals surface area contributed by atoms with Gasteiger partial charge in [0.2, 0.25) is 0 Å². The van der Waals surface area contributed by atoms with Crippen LogP contribution in [0.2, 0.25) is 0 Å². The second-order valence-corrected chi connectivity index (χ2v) is 5.78. The van der Waals surface area contributed by atoms with Gasteiger partial charge in [-0.2, -0.15) is 13.2 Å². The summed E-state index contributed by atoms with van der Waals surface area (Å²) in [5.74, 6) is -3.27. The molecule has 2 rings (SSSR count). The number of ether oxygens (including phenoxy) is 1. The number of rotatable bonds is 4. The van der Waals surface area contributed by atoms with E-state index in [4.69, 9.17) is 4.74 Å². The number of esters is 1. The maximum absolute atomic E-state index is 13.1. The number of allylic oxidation sites excluding steroid dienone is 2. The summed E-state index contributed by atoms with van der Waals surface area (Å²) >= 11 is 0. The van der Waals surface area contributed by atoms with E-state index in [1.54, 1.807) is 13.8 Å². The number of aliphatic carboxylic acids is 1. The molecule has 8 heteroatoms. The van der Waals surface area contributed by atoms with Crippen LogP contribution in [0, 0.1) is 0 Å². The Morgan fingerprint density at radius 3 is 2.35 bits per heavy atom. The Bertz CT molecular complexity index is 809. The molecule has 140 valence electrons. The number of halogens is 3.